The molecule has 0 aliphatic carbocycles. The molecule has 1 aliphatic rings. The van der Waals surface area contributed by atoms with Gasteiger partial charge in [-0.3, -0.25) is 4.57 Å². The molecular formula is C40H36F2IN5O5. The number of alkyl halides is 3. The van der Waals surface area contributed by atoms with Gasteiger partial charge in [0.25, 0.3) is 5.85 Å². The second-order valence-corrected chi connectivity index (χ2v) is 13.4. The minimum Gasteiger partial charge on any atom is -0.497 e. The van der Waals surface area contributed by atoms with Crippen LogP contribution in [0.25, 0.3) is 11.2 Å². The van der Waals surface area contributed by atoms with Crippen molar-refractivity contribution in [3.63, 3.8) is 0 Å². The summed E-state index contributed by atoms with van der Waals surface area (Å²) >= 11 is 1.76. The first-order valence-electron chi connectivity index (χ1n) is 16.9. The number of esters is 1. The van der Waals surface area contributed by atoms with E-state index in [-0.39, 0.29) is 39.6 Å². The van der Waals surface area contributed by atoms with Crippen LogP contribution >= 0.6 is 22.6 Å². The number of nitrogens with zero attached hydrogens (tertiary/aromatic N) is 4. The molecule has 1 saturated heterocycles. The van der Waals surface area contributed by atoms with Gasteiger partial charge in [0.2, 0.25) is 11.8 Å². The number of hydrogen-bond donors (Lipinski definition) is 1. The Morgan fingerprint density at radius 1 is 0.906 bits per heavy atom. The van der Waals surface area contributed by atoms with E-state index in [2.05, 4.69) is 10.3 Å². The van der Waals surface area contributed by atoms with Gasteiger partial charge in [-0.2, -0.15) is 9.97 Å². The Labute approximate surface area is 318 Å². The maximum absolute atomic E-state index is 17.1. The molecule has 6 aromatic rings. The molecule has 4 aromatic carbocycles. The van der Waals surface area contributed by atoms with E-state index in [0.717, 1.165) is 23.6 Å². The van der Waals surface area contributed by atoms with Gasteiger partial charge < -0.3 is 24.3 Å². The first-order chi connectivity index (χ1) is 25.6. The molecule has 53 heavy (non-hydrogen) atoms. The molecule has 272 valence electrons. The van der Waals surface area contributed by atoms with Gasteiger partial charge in [-0.25, -0.2) is 18.6 Å². The highest BCUT2D eigenvalue weighted by atomic mass is 127. The number of carbonyl (C=O) groups excluding carboxylic acids is 1. The van der Waals surface area contributed by atoms with E-state index in [0.29, 0.717) is 5.75 Å². The van der Waals surface area contributed by atoms with E-state index < -0.39 is 35.4 Å². The van der Waals surface area contributed by atoms with Gasteiger partial charge in [0.05, 0.1) is 30.0 Å². The molecule has 2 aromatic heterocycles. The molecule has 3 heterocycles. The largest absolute Gasteiger partial charge is 0.497 e. The molecule has 7 rings (SSSR count). The Kier molecular flexibility index (Phi) is 10.0. The quantitative estimate of drug-likeness (QED) is 0.0565. The van der Waals surface area contributed by atoms with E-state index in [1.807, 2.05) is 84.9 Å². The lowest BCUT2D eigenvalue weighted by atomic mass is 9.77. The Morgan fingerprint density at radius 3 is 2.06 bits per heavy atom. The molecule has 1 fully saturated rings. The van der Waals surface area contributed by atoms with Crippen molar-refractivity contribution in [1.29, 1.82) is 0 Å². The third-order valence-corrected chi connectivity index (χ3v) is 10.3. The monoisotopic (exact) mass is 831 g/mol. The van der Waals surface area contributed by atoms with Gasteiger partial charge in [0, 0.05) is 0 Å². The van der Waals surface area contributed by atoms with Crippen molar-refractivity contribution in [1.82, 2.24) is 19.5 Å². The number of nitrogens with one attached hydrogen (secondary N) is 1. The molecule has 1 aliphatic heterocycles. The highest BCUT2D eigenvalue weighted by Crippen LogP contribution is 2.51. The molecule has 13 heteroatoms. The topological polar surface area (TPSA) is 110 Å². The summed E-state index contributed by atoms with van der Waals surface area (Å²) in [5.41, 5.74) is -0.606. The molecule has 0 spiro atoms. The van der Waals surface area contributed by atoms with E-state index in [1.165, 1.54) is 23.0 Å². The third kappa shape index (κ3) is 6.56. The van der Waals surface area contributed by atoms with Crippen LogP contribution in [0.15, 0.2) is 122 Å². The second kappa shape index (κ2) is 14.7. The summed E-state index contributed by atoms with van der Waals surface area (Å²) in [4.78, 5) is 27.2. The van der Waals surface area contributed by atoms with Gasteiger partial charge in [0.1, 0.15) is 11.3 Å². The summed E-state index contributed by atoms with van der Waals surface area (Å²) in [6.07, 6.45) is -2.27. The van der Waals surface area contributed by atoms with Crippen LogP contribution in [-0.2, 0) is 15.0 Å². The van der Waals surface area contributed by atoms with Gasteiger partial charge in [-0.1, -0.05) is 114 Å². The van der Waals surface area contributed by atoms with Crippen molar-refractivity contribution in [3.05, 3.63) is 144 Å². The predicted octanol–water partition coefficient (Wildman–Crippen LogP) is 8.22. The average molecular weight is 832 g/mol. The third-order valence-electron chi connectivity index (χ3n) is 9.27. The molecule has 0 saturated carbocycles. The fourth-order valence-corrected chi connectivity index (χ4v) is 7.33. The van der Waals surface area contributed by atoms with E-state index in [9.17, 15) is 4.79 Å². The summed E-state index contributed by atoms with van der Waals surface area (Å²) in [5, 5.41) is 3.62. The number of imidazole rings is 1. The molecule has 10 nitrogen and oxygen atoms in total. The van der Waals surface area contributed by atoms with Gasteiger partial charge in [-0.05, 0) is 54.8 Å². The molecule has 0 unspecified atom stereocenters. The first-order valence-corrected chi connectivity index (χ1v) is 18.5. The van der Waals surface area contributed by atoms with Crippen LogP contribution in [0, 0.1) is 0 Å². The number of anilines is 1. The zero-order chi connectivity index (χ0) is 37.2. The molecular weight excluding hydrogens is 795 g/mol. The van der Waals surface area contributed by atoms with Crippen LogP contribution in [-0.4, -0.2) is 61.3 Å². The number of methoxy groups -OCH3 is 1. The van der Waals surface area contributed by atoms with Crippen LogP contribution in [0.4, 0.5) is 14.7 Å². The Hall–Kier alpha value is -5.15. The number of hydrogen-bond acceptors (Lipinski definition) is 9. The Morgan fingerprint density at radius 2 is 1.49 bits per heavy atom. The highest BCUT2D eigenvalue weighted by molar-refractivity contribution is 14.1. The lowest BCUT2D eigenvalue weighted by molar-refractivity contribution is -0.168. The van der Waals surface area contributed by atoms with Crippen molar-refractivity contribution in [2.24, 2.45) is 0 Å². The first kappa shape index (κ1) is 36.2. The lowest BCUT2D eigenvalue weighted by Gasteiger charge is -2.37. The Balaban J connectivity index is 1.37. The smallest absolute Gasteiger partial charge is 0.338 e. The maximum Gasteiger partial charge on any atom is 0.338 e. The van der Waals surface area contributed by atoms with Gasteiger partial charge >= 0.3 is 5.97 Å². The summed E-state index contributed by atoms with van der Waals surface area (Å²) in [6, 6.07) is 35.3. The standard InChI is InChI=1S/C40H36F2IN5O5/c1-4-51-33-31-32(48(25-44-31)36-38(2,41)35(39(42,24-43)53-36)52-34(49)26-14-8-5-9-15-26)45-37(46-33)47-40(27-16-10-6-11-17-27,28-18-12-7-13-19-28)29-20-22-30(50-3)23-21-29/h5-23,25,35-36H,4,24H2,1-3H3,(H,45,46,47)/t35-,36+,38+,39+/m0/s1. The molecule has 0 bridgehead atoms. The van der Waals surface area contributed by atoms with E-state index >= 15 is 8.78 Å². The van der Waals surface area contributed by atoms with Crippen LogP contribution in [0.2, 0.25) is 0 Å². The average Bonchev–Trinajstić information content (AvgIpc) is 3.70. The number of halogens is 3. The van der Waals surface area contributed by atoms with Gasteiger partial charge in [-0.15, -0.1) is 0 Å². The number of carbonyl (C=O) groups is 1. The molecule has 0 radical (unpaired) electrons. The minimum atomic E-state index is -2.68. The van der Waals surface area contributed by atoms with Crippen LogP contribution in [0.5, 0.6) is 11.6 Å². The summed E-state index contributed by atoms with van der Waals surface area (Å²) in [7, 11) is 1.61. The predicted molar refractivity (Wildman–Crippen MR) is 204 cm³/mol. The zero-order valence-corrected chi connectivity index (χ0v) is 31.2. The number of benzene rings is 4. The summed E-state index contributed by atoms with van der Waals surface area (Å²) < 4.78 is 57.5. The van der Waals surface area contributed by atoms with Crippen molar-refractivity contribution < 1.29 is 32.5 Å². The van der Waals surface area contributed by atoms with Crippen molar-refractivity contribution in [2.45, 2.75) is 43.2 Å². The van der Waals surface area contributed by atoms with Crippen LogP contribution in [0.1, 0.15) is 47.1 Å². The van der Waals surface area contributed by atoms with Crippen LogP contribution in [0.3, 0.4) is 0 Å². The van der Waals surface area contributed by atoms with E-state index in [4.69, 9.17) is 28.9 Å². The van der Waals surface area contributed by atoms with E-state index in [1.54, 1.807) is 54.8 Å². The fraction of sp³-hybridized carbons (Fsp3) is 0.250. The molecule has 1 N–H and O–H groups in total. The number of rotatable bonds is 12. The lowest BCUT2D eigenvalue weighted by Crippen LogP contribution is -2.48. The van der Waals surface area contributed by atoms with Crippen molar-refractivity contribution >= 4 is 45.7 Å². The normalized spacial score (nSPS) is 21.3. The number of aromatic nitrogens is 4. The summed E-state index contributed by atoms with van der Waals surface area (Å²) in [5.74, 6) is -2.66. The minimum absolute atomic E-state index is 0.107. The van der Waals surface area contributed by atoms with Crippen molar-refractivity contribution in [3.8, 4) is 11.6 Å². The summed E-state index contributed by atoms with van der Waals surface area (Å²) in [6.45, 7) is 3.18. The van der Waals surface area contributed by atoms with Crippen molar-refractivity contribution in [2.75, 3.05) is 23.5 Å². The second-order valence-electron chi connectivity index (χ2n) is 12.6. The Bertz CT molecular complexity index is 2150. The molecule has 0 amide bonds. The maximum atomic E-state index is 17.1. The molecule has 4 atom stereocenters. The van der Waals surface area contributed by atoms with Crippen LogP contribution < -0.4 is 14.8 Å². The number of ether oxygens (including phenoxy) is 4. The zero-order valence-electron chi connectivity index (χ0n) is 29.1. The number of fused-ring (bicyclic) bond motifs is 1. The van der Waals surface area contributed by atoms with Gasteiger partial charge in [0.15, 0.2) is 29.2 Å². The SMILES string of the molecule is CCOc1nc(NC(c2ccccc2)(c2ccccc2)c2ccc(OC)cc2)nc2c1ncn2[C@@H]1O[C@](F)(CI)[C@@H](OC(=O)c2ccccc2)[C@@]1(C)F. The highest BCUT2D eigenvalue weighted by Gasteiger charge is 2.67. The fourth-order valence-electron chi connectivity index (χ4n) is 6.75.